The van der Waals surface area contributed by atoms with Crippen molar-refractivity contribution in [2.75, 3.05) is 6.61 Å². The minimum Gasteiger partial charge on any atom is -0.365 e. The molecule has 0 aliphatic carbocycles. The Morgan fingerprint density at radius 2 is 1.64 bits per heavy atom. The lowest BCUT2D eigenvalue weighted by Gasteiger charge is -2.27. The first-order valence-corrected chi connectivity index (χ1v) is 6.49. The summed E-state index contributed by atoms with van der Waals surface area (Å²) in [6, 6.07) is 0. The minimum atomic E-state index is -0.166. The molecule has 0 N–H and O–H groups in total. The fourth-order valence-electron chi connectivity index (χ4n) is 1.62. The molecule has 0 radical (unpaired) electrons. The van der Waals surface area contributed by atoms with Gasteiger partial charge in [-0.25, -0.2) is 0 Å². The highest BCUT2D eigenvalue weighted by molar-refractivity contribution is 7.81. The molecule has 0 aromatic carbocycles. The van der Waals surface area contributed by atoms with E-state index in [1.807, 2.05) is 6.92 Å². The van der Waals surface area contributed by atoms with Gasteiger partial charge in [0.15, 0.2) is 0 Å². The van der Waals surface area contributed by atoms with Gasteiger partial charge in [-0.15, -0.1) is 12.6 Å². The second-order valence-electron chi connectivity index (χ2n) is 3.90. The van der Waals surface area contributed by atoms with Crippen LogP contribution in [0.15, 0.2) is 0 Å². The van der Waals surface area contributed by atoms with E-state index in [0.717, 1.165) is 19.4 Å². The summed E-state index contributed by atoms with van der Waals surface area (Å²) >= 11 is 4.60. The molecule has 86 valence electrons. The van der Waals surface area contributed by atoms with Crippen LogP contribution in [0.5, 0.6) is 0 Å². The molecule has 0 spiro atoms. The maximum Gasteiger partial charge on any atom is 0.110 e. The predicted octanol–water partition coefficient (Wildman–Crippen LogP) is 4.42. The molecule has 0 aliphatic rings. The van der Waals surface area contributed by atoms with Crippen molar-refractivity contribution in [3.05, 3.63) is 0 Å². The number of unbranched alkanes of at least 4 members (excludes halogenated alkanes) is 4. The second kappa shape index (κ2) is 8.60. The van der Waals surface area contributed by atoms with Crippen LogP contribution in [0.1, 0.15) is 65.7 Å². The van der Waals surface area contributed by atoms with Crippen LogP contribution in [0.4, 0.5) is 0 Å². The van der Waals surface area contributed by atoms with Crippen LogP contribution in [-0.4, -0.2) is 11.5 Å². The largest absolute Gasteiger partial charge is 0.365 e. The monoisotopic (exact) mass is 218 g/mol. The number of rotatable bonds is 9. The summed E-state index contributed by atoms with van der Waals surface area (Å²) in [4.78, 5) is -0.166. The SMILES string of the molecule is CCCCCCCC(S)(CC)OCC. The molecule has 0 bridgehead atoms. The van der Waals surface area contributed by atoms with E-state index < -0.39 is 0 Å². The normalized spacial score (nSPS) is 15.4. The molecule has 0 amide bonds. The van der Waals surface area contributed by atoms with Crippen LogP contribution < -0.4 is 0 Å². The Morgan fingerprint density at radius 3 is 2.14 bits per heavy atom. The summed E-state index contributed by atoms with van der Waals surface area (Å²) in [6.45, 7) is 7.20. The minimum absolute atomic E-state index is 0.166. The molecule has 1 atom stereocenters. The van der Waals surface area contributed by atoms with Crippen LogP contribution >= 0.6 is 12.6 Å². The molecular weight excluding hydrogens is 192 g/mol. The summed E-state index contributed by atoms with van der Waals surface area (Å²) in [5.41, 5.74) is 0. The third-order valence-electron chi connectivity index (χ3n) is 2.64. The molecule has 2 heteroatoms. The Morgan fingerprint density at radius 1 is 1.00 bits per heavy atom. The summed E-state index contributed by atoms with van der Waals surface area (Å²) < 4.78 is 5.65. The van der Waals surface area contributed by atoms with Crippen molar-refractivity contribution >= 4 is 12.6 Å². The lowest BCUT2D eigenvalue weighted by molar-refractivity contribution is 0.0252. The fraction of sp³-hybridized carbons (Fsp3) is 1.00. The van der Waals surface area contributed by atoms with E-state index in [0.29, 0.717) is 0 Å². The fourth-order valence-corrected chi connectivity index (χ4v) is 1.91. The molecule has 0 heterocycles. The number of thiol groups is 1. The topological polar surface area (TPSA) is 9.23 Å². The van der Waals surface area contributed by atoms with Gasteiger partial charge >= 0.3 is 0 Å². The summed E-state index contributed by atoms with van der Waals surface area (Å²) in [6.07, 6.45) is 8.68. The van der Waals surface area contributed by atoms with Gasteiger partial charge in [0, 0.05) is 6.61 Å². The molecule has 0 aliphatic heterocycles. The van der Waals surface area contributed by atoms with Crippen molar-refractivity contribution in [3.63, 3.8) is 0 Å². The van der Waals surface area contributed by atoms with Gasteiger partial charge in [0.25, 0.3) is 0 Å². The zero-order valence-corrected chi connectivity index (χ0v) is 10.9. The van der Waals surface area contributed by atoms with Gasteiger partial charge in [-0.1, -0.05) is 39.5 Å². The van der Waals surface area contributed by atoms with Crippen molar-refractivity contribution < 1.29 is 4.74 Å². The van der Waals surface area contributed by atoms with E-state index in [1.54, 1.807) is 0 Å². The average molecular weight is 218 g/mol. The van der Waals surface area contributed by atoms with E-state index in [-0.39, 0.29) is 4.93 Å². The van der Waals surface area contributed by atoms with Gasteiger partial charge in [-0.3, -0.25) is 0 Å². The van der Waals surface area contributed by atoms with Crippen molar-refractivity contribution in [2.24, 2.45) is 0 Å². The van der Waals surface area contributed by atoms with Gasteiger partial charge < -0.3 is 4.74 Å². The Kier molecular flexibility index (Phi) is 8.80. The molecule has 1 nitrogen and oxygen atoms in total. The lowest BCUT2D eigenvalue weighted by Crippen LogP contribution is -2.24. The highest BCUT2D eigenvalue weighted by Gasteiger charge is 2.22. The van der Waals surface area contributed by atoms with Gasteiger partial charge in [0.05, 0.1) is 0 Å². The zero-order valence-electron chi connectivity index (χ0n) is 10.0. The van der Waals surface area contributed by atoms with Crippen molar-refractivity contribution in [2.45, 2.75) is 70.7 Å². The van der Waals surface area contributed by atoms with Crippen molar-refractivity contribution in [1.29, 1.82) is 0 Å². The van der Waals surface area contributed by atoms with Gasteiger partial charge in [-0.05, 0) is 26.2 Å². The van der Waals surface area contributed by atoms with Crippen LogP contribution in [0.3, 0.4) is 0 Å². The molecule has 14 heavy (non-hydrogen) atoms. The first-order chi connectivity index (χ1) is 6.68. The molecule has 0 rings (SSSR count). The highest BCUT2D eigenvalue weighted by atomic mass is 32.1. The van der Waals surface area contributed by atoms with E-state index in [1.165, 1.54) is 32.1 Å². The maximum atomic E-state index is 5.65. The zero-order chi connectivity index (χ0) is 10.9. The summed E-state index contributed by atoms with van der Waals surface area (Å²) in [5.74, 6) is 0. The molecule has 1 unspecified atom stereocenters. The van der Waals surface area contributed by atoms with Crippen LogP contribution in [0.2, 0.25) is 0 Å². The standard InChI is InChI=1S/C12H26OS/c1-4-7-8-9-10-11-12(14,5-2)13-6-3/h14H,4-11H2,1-3H3. The first-order valence-electron chi connectivity index (χ1n) is 6.04. The first kappa shape index (κ1) is 14.3. The lowest BCUT2D eigenvalue weighted by atomic mass is 10.1. The van der Waals surface area contributed by atoms with Crippen LogP contribution in [0, 0.1) is 0 Å². The Balaban J connectivity index is 3.51. The van der Waals surface area contributed by atoms with Crippen molar-refractivity contribution in [1.82, 2.24) is 0 Å². The highest BCUT2D eigenvalue weighted by Crippen LogP contribution is 2.27. The summed E-state index contributed by atoms with van der Waals surface area (Å²) in [7, 11) is 0. The van der Waals surface area contributed by atoms with Crippen molar-refractivity contribution in [3.8, 4) is 0 Å². The van der Waals surface area contributed by atoms with E-state index in [4.69, 9.17) is 4.74 Å². The number of hydrogen-bond donors (Lipinski definition) is 1. The maximum absolute atomic E-state index is 5.65. The second-order valence-corrected chi connectivity index (χ2v) is 4.71. The van der Waals surface area contributed by atoms with E-state index in [2.05, 4.69) is 26.5 Å². The molecule has 0 aromatic heterocycles. The number of hydrogen-bond acceptors (Lipinski definition) is 2. The average Bonchev–Trinajstić information content (AvgIpc) is 2.18. The number of ether oxygens (including phenoxy) is 1. The van der Waals surface area contributed by atoms with Crippen LogP contribution in [0.25, 0.3) is 0 Å². The third-order valence-corrected chi connectivity index (χ3v) is 3.31. The third kappa shape index (κ3) is 6.72. The Labute approximate surface area is 95.0 Å². The quantitative estimate of drug-likeness (QED) is 0.342. The molecule has 0 fully saturated rings. The predicted molar refractivity (Wildman–Crippen MR) is 67.0 cm³/mol. The molecule has 0 saturated heterocycles. The van der Waals surface area contributed by atoms with E-state index >= 15 is 0 Å². The van der Waals surface area contributed by atoms with Gasteiger partial charge in [0.2, 0.25) is 0 Å². The van der Waals surface area contributed by atoms with Gasteiger partial charge in [0.1, 0.15) is 4.93 Å². The smallest absolute Gasteiger partial charge is 0.110 e. The Bertz CT molecular complexity index is 127. The molecular formula is C12H26OS. The van der Waals surface area contributed by atoms with Gasteiger partial charge in [-0.2, -0.15) is 0 Å². The molecule has 0 saturated carbocycles. The van der Waals surface area contributed by atoms with Crippen LogP contribution in [-0.2, 0) is 4.74 Å². The summed E-state index contributed by atoms with van der Waals surface area (Å²) in [5, 5.41) is 0. The Hall–Kier alpha value is 0.310. The van der Waals surface area contributed by atoms with E-state index in [9.17, 15) is 0 Å². The molecule has 0 aromatic rings.